The van der Waals surface area contributed by atoms with E-state index >= 15 is 0 Å². The average Bonchev–Trinajstić information content (AvgIpc) is 2.83. The van der Waals surface area contributed by atoms with Crippen molar-refractivity contribution >= 4 is 21.5 Å². The number of nitrogens with zero attached hydrogens (tertiary/aromatic N) is 2. The molecule has 3 aromatic carbocycles. The second-order valence-electron chi connectivity index (χ2n) is 8.05. The minimum absolute atomic E-state index is 0.167. The highest BCUT2D eigenvalue weighted by Gasteiger charge is 2.25. The Hall–Kier alpha value is -3.48. The molecule has 168 valence electrons. The van der Waals surface area contributed by atoms with Gasteiger partial charge in [-0.25, -0.2) is 13.4 Å². The van der Waals surface area contributed by atoms with E-state index in [9.17, 15) is 8.42 Å². The smallest absolute Gasteiger partial charge is 0.245 e. The molecule has 33 heavy (non-hydrogen) atoms. The molecule has 1 aromatic heterocycles. The van der Waals surface area contributed by atoms with Gasteiger partial charge in [0.2, 0.25) is 10.0 Å². The summed E-state index contributed by atoms with van der Waals surface area (Å²) in [5.41, 5.74) is 5.16. The van der Waals surface area contributed by atoms with Gasteiger partial charge in [-0.15, -0.1) is 0 Å². The largest absolute Gasteiger partial charge is 0.340 e. The molecule has 6 heteroatoms. The highest BCUT2D eigenvalue weighted by molar-refractivity contribution is 7.89. The summed E-state index contributed by atoms with van der Waals surface area (Å²) in [6.45, 7) is 4.67. The van der Waals surface area contributed by atoms with Crippen LogP contribution in [0.2, 0.25) is 0 Å². The van der Waals surface area contributed by atoms with Crippen LogP contribution in [-0.4, -0.2) is 17.7 Å². The molecular weight excluding hydrogens is 430 g/mol. The van der Waals surface area contributed by atoms with Crippen molar-refractivity contribution in [3.05, 3.63) is 119 Å². The Bertz CT molecular complexity index is 1270. The normalized spacial score (nSPS) is 11.5. The van der Waals surface area contributed by atoms with Gasteiger partial charge >= 0.3 is 0 Å². The molecule has 0 atom stereocenters. The van der Waals surface area contributed by atoms with E-state index in [1.54, 1.807) is 12.1 Å². The van der Waals surface area contributed by atoms with E-state index in [1.165, 1.54) is 21.6 Å². The molecule has 0 bridgehead atoms. The SMILES string of the molecule is Cc1ccc(Nc2ccc(S(=O)(=O)N(Cc3ccccc3)Cc3ccccc3)cn2)cc1C. The predicted molar refractivity (Wildman–Crippen MR) is 133 cm³/mol. The summed E-state index contributed by atoms with van der Waals surface area (Å²) in [5, 5.41) is 3.24. The second kappa shape index (κ2) is 9.98. The summed E-state index contributed by atoms with van der Waals surface area (Å²) in [4.78, 5) is 4.54. The van der Waals surface area contributed by atoms with E-state index in [-0.39, 0.29) is 18.0 Å². The number of sulfonamides is 1. The second-order valence-corrected chi connectivity index (χ2v) is 9.99. The van der Waals surface area contributed by atoms with Crippen LogP contribution in [-0.2, 0) is 23.1 Å². The topological polar surface area (TPSA) is 62.3 Å². The quantitative estimate of drug-likeness (QED) is 0.361. The number of nitrogens with one attached hydrogen (secondary N) is 1. The Labute approximate surface area is 195 Å². The highest BCUT2D eigenvalue weighted by Crippen LogP contribution is 2.23. The van der Waals surface area contributed by atoms with Gasteiger partial charge in [0.15, 0.2) is 0 Å². The molecule has 4 rings (SSSR count). The highest BCUT2D eigenvalue weighted by atomic mass is 32.2. The zero-order valence-corrected chi connectivity index (χ0v) is 19.6. The molecule has 0 spiro atoms. The molecule has 0 saturated heterocycles. The number of hydrogen-bond donors (Lipinski definition) is 1. The number of rotatable bonds is 8. The van der Waals surface area contributed by atoms with Crippen molar-refractivity contribution in [1.29, 1.82) is 0 Å². The van der Waals surface area contributed by atoms with Crippen LogP contribution in [0.1, 0.15) is 22.3 Å². The Morgan fingerprint density at radius 1 is 0.758 bits per heavy atom. The van der Waals surface area contributed by atoms with Crippen LogP contribution in [0.15, 0.2) is 102 Å². The van der Waals surface area contributed by atoms with Gasteiger partial charge in [0.05, 0.1) is 0 Å². The zero-order valence-electron chi connectivity index (χ0n) is 18.8. The van der Waals surface area contributed by atoms with Gasteiger partial charge < -0.3 is 5.32 Å². The Morgan fingerprint density at radius 3 is 1.88 bits per heavy atom. The molecular formula is C27H27N3O2S. The molecule has 0 unspecified atom stereocenters. The maximum atomic E-state index is 13.6. The fourth-order valence-electron chi connectivity index (χ4n) is 3.52. The summed E-state index contributed by atoms with van der Waals surface area (Å²) in [5.74, 6) is 0.592. The molecule has 4 aromatic rings. The lowest BCUT2D eigenvalue weighted by Crippen LogP contribution is -2.30. The zero-order chi connectivity index (χ0) is 23.3. The standard InChI is InChI=1S/C27H27N3O2S/c1-21-13-14-25(17-22(21)2)29-27-16-15-26(18-28-27)33(31,32)30(19-23-9-5-3-6-10-23)20-24-11-7-4-8-12-24/h3-18H,19-20H2,1-2H3,(H,28,29). The van der Waals surface area contributed by atoms with Gasteiger partial charge in [0.1, 0.15) is 10.7 Å². The number of benzene rings is 3. The third-order valence-corrected chi connectivity index (χ3v) is 7.33. The van der Waals surface area contributed by atoms with E-state index < -0.39 is 10.0 Å². The van der Waals surface area contributed by atoms with E-state index in [2.05, 4.69) is 24.1 Å². The van der Waals surface area contributed by atoms with Crippen molar-refractivity contribution in [2.24, 2.45) is 0 Å². The van der Waals surface area contributed by atoms with Crippen LogP contribution >= 0.6 is 0 Å². The third kappa shape index (κ3) is 5.66. The molecule has 1 heterocycles. The molecule has 0 saturated carbocycles. The van der Waals surface area contributed by atoms with E-state index in [1.807, 2.05) is 78.9 Å². The maximum Gasteiger partial charge on any atom is 0.245 e. The van der Waals surface area contributed by atoms with Gasteiger partial charge in [-0.2, -0.15) is 4.31 Å². The first kappa shape index (κ1) is 22.7. The van der Waals surface area contributed by atoms with Crippen molar-refractivity contribution < 1.29 is 8.42 Å². The van der Waals surface area contributed by atoms with E-state index in [0.29, 0.717) is 5.82 Å². The number of hydrogen-bond acceptors (Lipinski definition) is 4. The summed E-state index contributed by atoms with van der Waals surface area (Å²) >= 11 is 0. The van der Waals surface area contributed by atoms with Gasteiger partial charge in [0, 0.05) is 25.0 Å². The van der Waals surface area contributed by atoms with Gasteiger partial charge in [-0.3, -0.25) is 0 Å². The van der Waals surface area contributed by atoms with Crippen molar-refractivity contribution in [1.82, 2.24) is 9.29 Å². The van der Waals surface area contributed by atoms with E-state index in [0.717, 1.165) is 16.8 Å². The minimum atomic E-state index is -3.76. The Kier molecular flexibility index (Phi) is 6.87. The third-order valence-electron chi connectivity index (χ3n) is 5.56. The van der Waals surface area contributed by atoms with Crippen LogP contribution in [0.4, 0.5) is 11.5 Å². The van der Waals surface area contributed by atoms with Gasteiger partial charge in [-0.1, -0.05) is 66.7 Å². The van der Waals surface area contributed by atoms with Crippen LogP contribution in [0.5, 0.6) is 0 Å². The minimum Gasteiger partial charge on any atom is -0.340 e. The summed E-state index contributed by atoms with van der Waals surface area (Å²) in [7, 11) is -3.76. The lowest BCUT2D eigenvalue weighted by Gasteiger charge is -2.22. The van der Waals surface area contributed by atoms with Crippen molar-refractivity contribution in [3.63, 3.8) is 0 Å². The molecule has 0 aliphatic rings. The van der Waals surface area contributed by atoms with E-state index in [4.69, 9.17) is 0 Å². The van der Waals surface area contributed by atoms with Crippen LogP contribution in [0.3, 0.4) is 0 Å². The lowest BCUT2D eigenvalue weighted by molar-refractivity contribution is 0.401. The number of aromatic nitrogens is 1. The summed E-state index contributed by atoms with van der Waals surface area (Å²) < 4.78 is 28.6. The maximum absolute atomic E-state index is 13.6. The molecule has 0 radical (unpaired) electrons. The molecule has 0 aliphatic carbocycles. The van der Waals surface area contributed by atoms with Crippen LogP contribution in [0.25, 0.3) is 0 Å². The lowest BCUT2D eigenvalue weighted by atomic mass is 10.1. The Balaban J connectivity index is 1.58. The van der Waals surface area contributed by atoms with Gasteiger partial charge in [0.25, 0.3) is 0 Å². The fourth-order valence-corrected chi connectivity index (χ4v) is 4.89. The van der Waals surface area contributed by atoms with Crippen molar-refractivity contribution in [2.75, 3.05) is 5.32 Å². The van der Waals surface area contributed by atoms with Crippen molar-refractivity contribution in [2.45, 2.75) is 31.8 Å². The summed E-state index contributed by atoms with van der Waals surface area (Å²) in [6.07, 6.45) is 1.42. The fraction of sp³-hybridized carbons (Fsp3) is 0.148. The summed E-state index contributed by atoms with van der Waals surface area (Å²) in [6, 6.07) is 28.6. The van der Waals surface area contributed by atoms with Gasteiger partial charge in [-0.05, 0) is 60.4 Å². The number of pyridine rings is 1. The molecule has 0 aliphatic heterocycles. The molecule has 1 N–H and O–H groups in total. The predicted octanol–water partition coefficient (Wildman–Crippen LogP) is 5.83. The molecule has 0 amide bonds. The molecule has 0 fully saturated rings. The monoisotopic (exact) mass is 457 g/mol. The Morgan fingerprint density at radius 2 is 1.36 bits per heavy atom. The van der Waals surface area contributed by atoms with Crippen LogP contribution in [0, 0.1) is 13.8 Å². The molecule has 5 nitrogen and oxygen atoms in total. The first-order chi connectivity index (χ1) is 15.9. The number of aryl methyl sites for hydroxylation is 2. The first-order valence-corrected chi connectivity index (χ1v) is 12.2. The first-order valence-electron chi connectivity index (χ1n) is 10.8. The average molecular weight is 458 g/mol. The number of anilines is 2. The van der Waals surface area contributed by atoms with Crippen molar-refractivity contribution in [3.8, 4) is 0 Å². The van der Waals surface area contributed by atoms with Crippen LogP contribution < -0.4 is 5.32 Å².